The van der Waals surface area contributed by atoms with Gasteiger partial charge in [0, 0.05) is 36.4 Å². The zero-order chi connectivity index (χ0) is 17.2. The number of fused-ring (bicyclic) bond motifs is 1. The monoisotopic (exact) mass is 334 g/mol. The molecule has 1 unspecified atom stereocenters. The van der Waals surface area contributed by atoms with E-state index in [0.717, 1.165) is 35.2 Å². The number of anilines is 1. The van der Waals surface area contributed by atoms with Crippen LogP contribution in [-0.2, 0) is 4.79 Å². The molecule has 6 heteroatoms. The minimum atomic E-state index is -0.740. The van der Waals surface area contributed by atoms with Crippen molar-refractivity contribution in [3.63, 3.8) is 0 Å². The van der Waals surface area contributed by atoms with E-state index < -0.39 is 5.97 Å². The summed E-state index contributed by atoms with van der Waals surface area (Å²) in [6, 6.07) is 11.6. The van der Waals surface area contributed by atoms with Gasteiger partial charge in [0.25, 0.3) is 0 Å². The van der Waals surface area contributed by atoms with Gasteiger partial charge in [-0.2, -0.15) is 0 Å². The summed E-state index contributed by atoms with van der Waals surface area (Å²) >= 11 is 0. The first-order valence-corrected chi connectivity index (χ1v) is 8.37. The third-order valence-corrected chi connectivity index (χ3v) is 4.57. The highest BCUT2D eigenvalue weighted by atomic mass is 16.4. The van der Waals surface area contributed by atoms with Gasteiger partial charge in [0.05, 0.1) is 11.4 Å². The summed E-state index contributed by atoms with van der Waals surface area (Å²) in [5.41, 5.74) is 1.70. The molecule has 25 heavy (non-hydrogen) atoms. The molecule has 0 saturated carbocycles. The largest absolute Gasteiger partial charge is 0.481 e. The second-order valence-electron chi connectivity index (χ2n) is 6.25. The van der Waals surface area contributed by atoms with Gasteiger partial charge < -0.3 is 10.0 Å². The molecule has 1 saturated heterocycles. The highest BCUT2D eigenvalue weighted by Crippen LogP contribution is 2.30. The zero-order valence-corrected chi connectivity index (χ0v) is 13.7. The number of benzene rings is 1. The predicted octanol–water partition coefficient (Wildman–Crippen LogP) is 2.99. The lowest BCUT2D eigenvalue weighted by Crippen LogP contribution is -2.39. The van der Waals surface area contributed by atoms with Crippen LogP contribution in [0.5, 0.6) is 0 Å². The van der Waals surface area contributed by atoms with Gasteiger partial charge >= 0.3 is 5.97 Å². The summed E-state index contributed by atoms with van der Waals surface area (Å²) in [6.07, 6.45) is 5.01. The van der Waals surface area contributed by atoms with Crippen molar-refractivity contribution in [3.05, 3.63) is 48.8 Å². The Hall–Kier alpha value is -3.02. The molecule has 2 aromatic heterocycles. The fourth-order valence-electron chi connectivity index (χ4n) is 3.30. The van der Waals surface area contributed by atoms with Crippen LogP contribution in [0.15, 0.2) is 48.8 Å². The van der Waals surface area contributed by atoms with E-state index in [2.05, 4.69) is 14.9 Å². The average Bonchev–Trinajstić information content (AvgIpc) is 2.68. The van der Waals surface area contributed by atoms with Crippen molar-refractivity contribution in [2.45, 2.75) is 12.8 Å². The van der Waals surface area contributed by atoms with Gasteiger partial charge in [0.1, 0.15) is 5.82 Å². The van der Waals surface area contributed by atoms with Crippen molar-refractivity contribution >= 4 is 22.7 Å². The van der Waals surface area contributed by atoms with Crippen LogP contribution >= 0.6 is 0 Å². The Balaban J connectivity index is 1.83. The van der Waals surface area contributed by atoms with Crippen molar-refractivity contribution in [2.24, 2.45) is 5.92 Å². The van der Waals surface area contributed by atoms with Crippen LogP contribution in [0, 0.1) is 5.92 Å². The molecule has 1 aliphatic heterocycles. The van der Waals surface area contributed by atoms with E-state index in [1.807, 2.05) is 36.4 Å². The first kappa shape index (κ1) is 15.5. The molecule has 1 N–H and O–H groups in total. The Kier molecular flexibility index (Phi) is 4.01. The maximum atomic E-state index is 11.4. The summed E-state index contributed by atoms with van der Waals surface area (Å²) in [5.74, 6) is 0.314. The minimum Gasteiger partial charge on any atom is -0.481 e. The number of piperidine rings is 1. The number of hydrogen-bond acceptors (Lipinski definition) is 5. The molecule has 6 nitrogen and oxygen atoms in total. The molecule has 126 valence electrons. The molecule has 3 aromatic rings. The SMILES string of the molecule is O=C(O)C1CCCN(c2nc(-c3cccnc3)nc3ccccc23)C1. The number of aliphatic carboxylic acids is 1. The molecule has 3 heterocycles. The van der Waals surface area contributed by atoms with Gasteiger partial charge in [-0.15, -0.1) is 0 Å². The first-order chi connectivity index (χ1) is 12.2. The molecule has 1 atom stereocenters. The Labute approximate surface area is 145 Å². The molecule has 0 radical (unpaired) electrons. The Bertz CT molecular complexity index is 914. The average molecular weight is 334 g/mol. The van der Waals surface area contributed by atoms with Crippen LogP contribution in [0.2, 0.25) is 0 Å². The lowest BCUT2D eigenvalue weighted by atomic mass is 9.98. The maximum Gasteiger partial charge on any atom is 0.308 e. The van der Waals surface area contributed by atoms with Crippen molar-refractivity contribution in [1.82, 2.24) is 15.0 Å². The predicted molar refractivity (Wildman–Crippen MR) is 95.3 cm³/mol. The van der Waals surface area contributed by atoms with Crippen LogP contribution in [0.3, 0.4) is 0 Å². The van der Waals surface area contributed by atoms with Gasteiger partial charge in [-0.25, -0.2) is 9.97 Å². The molecular formula is C19H18N4O2. The van der Waals surface area contributed by atoms with Crippen LogP contribution in [0.1, 0.15) is 12.8 Å². The van der Waals surface area contributed by atoms with Crippen LogP contribution in [0.25, 0.3) is 22.3 Å². The van der Waals surface area contributed by atoms with Gasteiger partial charge in [-0.1, -0.05) is 12.1 Å². The highest BCUT2D eigenvalue weighted by Gasteiger charge is 2.27. The summed E-state index contributed by atoms with van der Waals surface area (Å²) in [5, 5.41) is 10.3. The number of hydrogen-bond donors (Lipinski definition) is 1. The molecule has 4 rings (SSSR count). The number of aromatic nitrogens is 3. The summed E-state index contributed by atoms with van der Waals surface area (Å²) < 4.78 is 0. The van der Waals surface area contributed by atoms with E-state index in [4.69, 9.17) is 4.98 Å². The Morgan fingerprint density at radius 3 is 2.84 bits per heavy atom. The van der Waals surface area contributed by atoms with Gasteiger partial charge in [0.15, 0.2) is 5.82 Å². The number of pyridine rings is 1. The number of carbonyl (C=O) groups is 1. The van der Waals surface area contributed by atoms with Crippen molar-refractivity contribution in [2.75, 3.05) is 18.0 Å². The molecule has 0 aliphatic carbocycles. The van der Waals surface area contributed by atoms with Gasteiger partial charge in [-0.3, -0.25) is 9.78 Å². The number of carboxylic acid groups (broad SMARTS) is 1. The topological polar surface area (TPSA) is 79.2 Å². The van der Waals surface area contributed by atoms with Crippen LogP contribution in [0.4, 0.5) is 5.82 Å². The van der Waals surface area contributed by atoms with Gasteiger partial charge in [0.2, 0.25) is 0 Å². The Morgan fingerprint density at radius 1 is 1.16 bits per heavy atom. The molecule has 0 spiro atoms. The molecule has 1 aromatic carbocycles. The van der Waals surface area contributed by atoms with Crippen molar-refractivity contribution in [3.8, 4) is 11.4 Å². The van der Waals surface area contributed by atoms with Crippen LogP contribution < -0.4 is 4.90 Å². The van der Waals surface area contributed by atoms with E-state index in [1.165, 1.54) is 0 Å². The van der Waals surface area contributed by atoms with Crippen molar-refractivity contribution in [1.29, 1.82) is 0 Å². The van der Waals surface area contributed by atoms with E-state index >= 15 is 0 Å². The Morgan fingerprint density at radius 2 is 2.04 bits per heavy atom. The molecule has 0 bridgehead atoms. The second-order valence-corrected chi connectivity index (χ2v) is 6.25. The number of nitrogens with zero attached hydrogens (tertiary/aromatic N) is 4. The van der Waals surface area contributed by atoms with E-state index in [1.54, 1.807) is 12.4 Å². The lowest BCUT2D eigenvalue weighted by molar-refractivity contribution is -0.141. The normalized spacial score (nSPS) is 17.6. The maximum absolute atomic E-state index is 11.4. The second kappa shape index (κ2) is 6.47. The summed E-state index contributed by atoms with van der Waals surface area (Å²) in [6.45, 7) is 1.28. The number of rotatable bonds is 3. The quantitative estimate of drug-likeness (QED) is 0.793. The van der Waals surface area contributed by atoms with E-state index in [0.29, 0.717) is 18.8 Å². The number of carboxylic acids is 1. The number of para-hydroxylation sites is 1. The smallest absolute Gasteiger partial charge is 0.308 e. The summed E-state index contributed by atoms with van der Waals surface area (Å²) in [7, 11) is 0. The molecule has 0 amide bonds. The fourth-order valence-corrected chi connectivity index (χ4v) is 3.30. The zero-order valence-electron chi connectivity index (χ0n) is 13.7. The summed E-state index contributed by atoms with van der Waals surface area (Å²) in [4.78, 5) is 27.1. The van der Waals surface area contributed by atoms with Gasteiger partial charge in [-0.05, 0) is 37.1 Å². The highest BCUT2D eigenvalue weighted by molar-refractivity contribution is 5.91. The van der Waals surface area contributed by atoms with E-state index in [9.17, 15) is 9.90 Å². The lowest BCUT2D eigenvalue weighted by Gasteiger charge is -2.32. The molecule has 1 fully saturated rings. The first-order valence-electron chi connectivity index (χ1n) is 8.37. The molecule has 1 aliphatic rings. The van der Waals surface area contributed by atoms with Crippen LogP contribution in [-0.4, -0.2) is 39.1 Å². The van der Waals surface area contributed by atoms with Crippen molar-refractivity contribution < 1.29 is 9.90 Å². The third kappa shape index (κ3) is 3.03. The van der Waals surface area contributed by atoms with E-state index in [-0.39, 0.29) is 5.92 Å². The fraction of sp³-hybridized carbons (Fsp3) is 0.263. The molecular weight excluding hydrogens is 316 g/mol. The minimum absolute atomic E-state index is 0.357. The standard InChI is InChI=1S/C19H18N4O2/c24-19(25)14-6-4-10-23(12-14)18-15-7-1-2-8-16(15)21-17(22-18)13-5-3-9-20-11-13/h1-3,5,7-9,11,14H,4,6,10,12H2,(H,24,25). The third-order valence-electron chi connectivity index (χ3n) is 4.57.